The van der Waals surface area contributed by atoms with E-state index in [9.17, 15) is 14.4 Å². The van der Waals surface area contributed by atoms with E-state index >= 15 is 0 Å². The highest BCUT2D eigenvalue weighted by Crippen LogP contribution is 2.77. The Bertz CT molecular complexity index is 1130. The fourth-order valence-corrected chi connectivity index (χ4v) is 13.5. The van der Waals surface area contributed by atoms with E-state index in [1.165, 1.54) is 38.5 Å². The van der Waals surface area contributed by atoms with Crippen molar-refractivity contribution in [2.45, 2.75) is 158 Å². The first-order valence-electron chi connectivity index (χ1n) is 18.3. The largest absolute Gasteiger partial charge is 0.462 e. The number of carbonyl (C=O) groups is 3. The number of fused-ring (bicyclic) bond motifs is 7. The smallest absolute Gasteiger partial charge is 0.309 e. The van der Waals surface area contributed by atoms with Crippen LogP contribution in [-0.4, -0.2) is 23.6 Å². The van der Waals surface area contributed by atoms with E-state index in [4.69, 9.17) is 4.74 Å². The number of hydrogen-bond donors (Lipinski definition) is 0. The summed E-state index contributed by atoms with van der Waals surface area (Å²) in [5.74, 6) is 4.27. The molecule has 0 heterocycles. The third-order valence-electron chi connectivity index (χ3n) is 16.2. The zero-order chi connectivity index (χ0) is 31.2. The Morgan fingerprint density at radius 1 is 0.744 bits per heavy atom. The van der Waals surface area contributed by atoms with Gasteiger partial charge in [0.25, 0.3) is 0 Å². The van der Waals surface area contributed by atoms with Gasteiger partial charge in [0.2, 0.25) is 0 Å². The first kappa shape index (κ1) is 31.8. The van der Waals surface area contributed by atoms with Gasteiger partial charge in [-0.15, -0.1) is 0 Å². The van der Waals surface area contributed by atoms with Crippen molar-refractivity contribution >= 4 is 17.5 Å². The monoisotopic (exact) mass is 594 g/mol. The average Bonchev–Trinajstić information content (AvgIpc) is 3.29. The number of ketones is 2. The molecular formula is C39H62O4. The van der Waals surface area contributed by atoms with Crippen molar-refractivity contribution in [2.24, 2.45) is 68.5 Å². The van der Waals surface area contributed by atoms with Crippen molar-refractivity contribution in [1.29, 1.82) is 0 Å². The number of ether oxygens (including phenoxy) is 1. The topological polar surface area (TPSA) is 60.4 Å². The van der Waals surface area contributed by atoms with E-state index in [-0.39, 0.29) is 50.8 Å². The molecule has 6 aliphatic carbocycles. The van der Waals surface area contributed by atoms with E-state index in [0.717, 1.165) is 44.9 Å². The Labute approximate surface area is 262 Å². The van der Waals surface area contributed by atoms with Gasteiger partial charge in [0, 0.05) is 23.7 Å². The molecule has 0 aliphatic heterocycles. The normalized spacial score (nSPS) is 47.0. The van der Waals surface area contributed by atoms with Crippen molar-refractivity contribution in [1.82, 2.24) is 0 Å². The van der Waals surface area contributed by atoms with Crippen molar-refractivity contribution in [3.63, 3.8) is 0 Å². The minimum atomic E-state index is -0.205. The molecule has 0 aromatic carbocycles. The van der Waals surface area contributed by atoms with Gasteiger partial charge in [-0.05, 0) is 136 Å². The predicted molar refractivity (Wildman–Crippen MR) is 171 cm³/mol. The summed E-state index contributed by atoms with van der Waals surface area (Å²) in [7, 11) is 0. The highest BCUT2D eigenvalue weighted by atomic mass is 16.5. The highest BCUT2D eigenvalue weighted by molar-refractivity contribution is 5.89. The molecule has 0 spiro atoms. The van der Waals surface area contributed by atoms with E-state index < -0.39 is 0 Å². The molecule has 43 heavy (non-hydrogen) atoms. The van der Waals surface area contributed by atoms with Crippen LogP contribution in [0.25, 0.3) is 0 Å². The van der Waals surface area contributed by atoms with E-state index in [0.29, 0.717) is 54.1 Å². The molecule has 0 saturated heterocycles. The number of Topliss-reactive ketones (excluding diaryl/α,β-unsaturated/α-hetero) is 2. The van der Waals surface area contributed by atoms with Crippen LogP contribution in [0.15, 0.2) is 0 Å². The van der Waals surface area contributed by atoms with E-state index in [1.807, 2.05) is 0 Å². The van der Waals surface area contributed by atoms with Gasteiger partial charge < -0.3 is 9.53 Å². The van der Waals surface area contributed by atoms with Gasteiger partial charge in [0.15, 0.2) is 0 Å². The third kappa shape index (κ3) is 4.50. The Hall–Kier alpha value is -1.19. The quantitative estimate of drug-likeness (QED) is 0.276. The molecule has 0 N–H and O–H groups in total. The molecular weight excluding hydrogens is 532 g/mol. The average molecular weight is 595 g/mol. The molecule has 5 unspecified atom stereocenters. The van der Waals surface area contributed by atoms with E-state index in [1.54, 1.807) is 6.92 Å². The first-order valence-corrected chi connectivity index (χ1v) is 18.3. The summed E-state index contributed by atoms with van der Waals surface area (Å²) in [6.07, 6.45) is 15.6. The van der Waals surface area contributed by atoms with Crippen LogP contribution in [0.1, 0.15) is 152 Å². The lowest BCUT2D eigenvalue weighted by Gasteiger charge is -2.73. The van der Waals surface area contributed by atoms with Gasteiger partial charge in [0.1, 0.15) is 17.7 Å². The second-order valence-corrected chi connectivity index (χ2v) is 18.3. The summed E-state index contributed by atoms with van der Waals surface area (Å²) in [6.45, 7) is 19.2. The maximum absolute atomic E-state index is 14.1. The number of hydrogen-bond acceptors (Lipinski definition) is 4. The SMILES string of the molecule is CC(=O)CCC(=O)[C@]12CCC(C(C)C)C1C1CCC3[C@@]4(C)CC[C@@H](OC(=O)C5CCC5)C(C)(C)C4CC[C@@]3(C)[C@]1(C)CC2. The number of rotatable bonds is 7. The van der Waals surface area contributed by atoms with Crippen LogP contribution in [0.2, 0.25) is 0 Å². The third-order valence-corrected chi connectivity index (χ3v) is 16.2. The zero-order valence-electron chi connectivity index (χ0n) is 28.9. The maximum atomic E-state index is 14.1. The zero-order valence-corrected chi connectivity index (χ0v) is 28.9. The maximum Gasteiger partial charge on any atom is 0.309 e. The second-order valence-electron chi connectivity index (χ2n) is 18.3. The van der Waals surface area contributed by atoms with E-state index in [2.05, 4.69) is 48.5 Å². The molecule has 4 heteroatoms. The summed E-state index contributed by atoms with van der Waals surface area (Å²) in [6, 6.07) is 0. The Balaban J connectivity index is 1.29. The Morgan fingerprint density at radius 3 is 2.09 bits per heavy atom. The van der Waals surface area contributed by atoms with Gasteiger partial charge >= 0.3 is 5.97 Å². The van der Waals surface area contributed by atoms with Crippen LogP contribution in [0, 0.1) is 68.5 Å². The summed E-state index contributed by atoms with van der Waals surface area (Å²) >= 11 is 0. The molecule has 10 atom stereocenters. The second kappa shape index (κ2) is 10.7. The van der Waals surface area contributed by atoms with Crippen LogP contribution in [0.5, 0.6) is 0 Å². The summed E-state index contributed by atoms with van der Waals surface area (Å²) in [4.78, 5) is 39.0. The summed E-state index contributed by atoms with van der Waals surface area (Å²) < 4.78 is 6.33. The number of esters is 1. The van der Waals surface area contributed by atoms with Crippen LogP contribution in [-0.2, 0) is 19.1 Å². The molecule has 0 aromatic rings. The molecule has 6 fully saturated rings. The molecule has 0 bridgehead atoms. The highest BCUT2D eigenvalue weighted by Gasteiger charge is 2.72. The van der Waals surface area contributed by atoms with Gasteiger partial charge in [-0.3, -0.25) is 9.59 Å². The van der Waals surface area contributed by atoms with Crippen LogP contribution >= 0.6 is 0 Å². The Morgan fingerprint density at radius 2 is 1.47 bits per heavy atom. The minimum Gasteiger partial charge on any atom is -0.462 e. The lowest BCUT2D eigenvalue weighted by atomic mass is 9.32. The lowest BCUT2D eigenvalue weighted by Crippen LogP contribution is -2.67. The molecule has 0 aromatic heterocycles. The van der Waals surface area contributed by atoms with Crippen molar-refractivity contribution < 1.29 is 19.1 Å². The van der Waals surface area contributed by atoms with Crippen LogP contribution in [0.3, 0.4) is 0 Å². The standard InChI is InChI=1S/C39H62O4/c1-24(2)27-16-21-39(31(41)15-12-25(3)40)23-22-37(7)28(33(27)39)13-14-30-36(6)19-18-32(43-34(42)26-10-9-11-26)35(4,5)29(36)17-20-38(30,37)8/h24,26-30,32-33H,9-23H2,1-8H3/t27?,28?,29?,30?,32-,33?,36+,37-,38-,39-/m1/s1. The minimum absolute atomic E-state index is 0.00939. The first-order chi connectivity index (χ1) is 20.1. The van der Waals surface area contributed by atoms with Crippen molar-refractivity contribution in [3.05, 3.63) is 0 Å². The van der Waals surface area contributed by atoms with Crippen molar-refractivity contribution in [3.8, 4) is 0 Å². The molecule has 4 nitrogen and oxygen atoms in total. The van der Waals surface area contributed by atoms with Crippen LogP contribution in [0.4, 0.5) is 0 Å². The number of carbonyl (C=O) groups excluding carboxylic acids is 3. The summed E-state index contributed by atoms with van der Waals surface area (Å²) in [5, 5.41) is 0. The fourth-order valence-electron chi connectivity index (χ4n) is 13.5. The fraction of sp³-hybridized carbons (Fsp3) is 0.923. The molecule has 242 valence electrons. The molecule has 0 radical (unpaired) electrons. The molecule has 6 rings (SSSR count). The molecule has 6 aliphatic rings. The van der Waals surface area contributed by atoms with Gasteiger partial charge in [-0.2, -0.15) is 0 Å². The Kier molecular flexibility index (Phi) is 7.89. The lowest BCUT2D eigenvalue weighted by molar-refractivity contribution is -0.251. The van der Waals surface area contributed by atoms with Gasteiger partial charge in [-0.1, -0.05) is 54.9 Å². The predicted octanol–water partition coefficient (Wildman–Crippen LogP) is 9.37. The molecule has 0 amide bonds. The van der Waals surface area contributed by atoms with Gasteiger partial charge in [-0.25, -0.2) is 0 Å². The van der Waals surface area contributed by atoms with Crippen molar-refractivity contribution in [2.75, 3.05) is 0 Å². The van der Waals surface area contributed by atoms with Crippen LogP contribution < -0.4 is 0 Å². The summed E-state index contributed by atoms with van der Waals surface area (Å²) in [5.41, 5.74) is 0.524. The molecule has 6 saturated carbocycles. The van der Waals surface area contributed by atoms with Gasteiger partial charge in [0.05, 0.1) is 5.92 Å².